The van der Waals surface area contributed by atoms with E-state index in [2.05, 4.69) is 63.1 Å². The quantitative estimate of drug-likeness (QED) is 0.631. The van der Waals surface area contributed by atoms with E-state index in [4.69, 9.17) is 0 Å². The van der Waals surface area contributed by atoms with Gasteiger partial charge < -0.3 is 0 Å². The first-order valence-electron chi connectivity index (χ1n) is 4.90. The van der Waals surface area contributed by atoms with E-state index >= 15 is 0 Å². The van der Waals surface area contributed by atoms with Gasteiger partial charge in [0.2, 0.25) is 0 Å². The van der Waals surface area contributed by atoms with Crippen molar-refractivity contribution in [3.8, 4) is 11.0 Å². The van der Waals surface area contributed by atoms with Gasteiger partial charge in [-0.2, -0.15) is 0 Å². The van der Waals surface area contributed by atoms with Gasteiger partial charge in [-0.05, 0) is 0 Å². The molecule has 0 spiro atoms. The number of hydrogen-bond donors (Lipinski definition) is 0. The van der Waals surface area contributed by atoms with Gasteiger partial charge in [0.1, 0.15) is 0 Å². The molecule has 0 bridgehead atoms. The second-order valence-corrected chi connectivity index (χ2v) is 3.63. The SMILES string of the molecule is Cc1cccbc1-c1ccccc1C. The predicted octanol–water partition coefficient (Wildman–Crippen LogP) is 3.31. The molecule has 0 amide bonds. The summed E-state index contributed by atoms with van der Waals surface area (Å²) in [4.78, 5) is 0. The van der Waals surface area contributed by atoms with Crippen LogP contribution in [0.5, 0.6) is 0 Å². The summed E-state index contributed by atoms with van der Waals surface area (Å²) in [5.41, 5.74) is 5.35. The van der Waals surface area contributed by atoms with Gasteiger partial charge in [0, 0.05) is 0 Å². The summed E-state index contributed by atoms with van der Waals surface area (Å²) in [5, 5.41) is 0. The van der Waals surface area contributed by atoms with Crippen LogP contribution in [0, 0.1) is 13.8 Å². The van der Waals surface area contributed by atoms with Crippen molar-refractivity contribution in [2.45, 2.75) is 13.8 Å². The number of aryl methyl sites for hydroxylation is 2. The van der Waals surface area contributed by atoms with Crippen molar-refractivity contribution >= 4 is 6.91 Å². The van der Waals surface area contributed by atoms with E-state index < -0.39 is 0 Å². The van der Waals surface area contributed by atoms with Crippen LogP contribution in [0.15, 0.2) is 42.4 Å². The van der Waals surface area contributed by atoms with Crippen LogP contribution in [0.1, 0.15) is 11.1 Å². The second-order valence-electron chi connectivity index (χ2n) is 3.63. The van der Waals surface area contributed by atoms with Crippen molar-refractivity contribution in [2.75, 3.05) is 0 Å². The second kappa shape index (κ2) is 3.79. The first-order valence-corrected chi connectivity index (χ1v) is 4.90. The van der Waals surface area contributed by atoms with E-state index in [1.165, 1.54) is 22.1 Å². The molecule has 14 heavy (non-hydrogen) atoms. The zero-order valence-corrected chi connectivity index (χ0v) is 8.62. The monoisotopic (exact) mass is 180 g/mol. The molecular formula is C13H13B. The summed E-state index contributed by atoms with van der Waals surface area (Å²) in [7, 11) is 0. The molecule has 0 N–H and O–H groups in total. The zero-order chi connectivity index (χ0) is 9.97. The molecule has 0 fully saturated rings. The van der Waals surface area contributed by atoms with Crippen molar-refractivity contribution < 1.29 is 0 Å². The van der Waals surface area contributed by atoms with Gasteiger partial charge in [-0.25, -0.2) is 0 Å². The van der Waals surface area contributed by atoms with Crippen molar-refractivity contribution in [3.05, 3.63) is 53.5 Å². The van der Waals surface area contributed by atoms with Crippen LogP contribution in [-0.4, -0.2) is 6.91 Å². The Hall–Kier alpha value is -1.37. The van der Waals surface area contributed by atoms with Gasteiger partial charge in [-0.3, -0.25) is 0 Å². The standard InChI is InChI=1S/C13H13B/c1-10-6-3-4-8-12(10)13-11(2)7-5-9-14-13/h3-9H,1-2H3. The first-order chi connectivity index (χ1) is 6.79. The van der Waals surface area contributed by atoms with Crippen LogP contribution in [0.25, 0.3) is 11.0 Å². The average molecular weight is 180 g/mol. The van der Waals surface area contributed by atoms with Gasteiger partial charge in [-0.1, -0.05) is 0 Å². The van der Waals surface area contributed by atoms with Gasteiger partial charge in [0.15, 0.2) is 0 Å². The molecule has 0 nitrogen and oxygen atoms in total. The summed E-state index contributed by atoms with van der Waals surface area (Å²) in [6, 6.07) is 12.7. The maximum atomic E-state index is 2.18. The Kier molecular flexibility index (Phi) is 2.49. The van der Waals surface area contributed by atoms with Crippen molar-refractivity contribution in [3.63, 3.8) is 0 Å². The Bertz CT molecular complexity index is 403. The van der Waals surface area contributed by atoms with E-state index in [9.17, 15) is 0 Å². The third-order valence-electron chi connectivity index (χ3n) is 2.58. The Morgan fingerprint density at radius 2 is 1.57 bits per heavy atom. The molecule has 0 unspecified atom stereocenters. The molecule has 0 saturated heterocycles. The molecule has 1 aromatic heterocycles. The molecule has 1 heterocycles. The zero-order valence-electron chi connectivity index (χ0n) is 8.62. The number of rotatable bonds is 1. The Morgan fingerprint density at radius 3 is 2.29 bits per heavy atom. The average Bonchev–Trinajstić information content (AvgIpc) is 2.20. The molecular weight excluding hydrogens is 167 g/mol. The fraction of sp³-hybridized carbons (Fsp3) is 0.154. The fourth-order valence-corrected chi connectivity index (χ4v) is 1.75. The van der Waals surface area contributed by atoms with Gasteiger partial charge in [-0.15, -0.1) is 0 Å². The van der Waals surface area contributed by atoms with Crippen LogP contribution < -0.4 is 0 Å². The van der Waals surface area contributed by atoms with E-state index in [0.717, 1.165) is 0 Å². The fourth-order valence-electron chi connectivity index (χ4n) is 1.75. The number of hydrogen-bond acceptors (Lipinski definition) is 0. The Morgan fingerprint density at radius 1 is 0.857 bits per heavy atom. The molecule has 1 heteroatoms. The molecule has 0 saturated carbocycles. The van der Waals surface area contributed by atoms with E-state index in [-0.39, 0.29) is 0 Å². The normalized spacial score (nSPS) is 9.86. The third kappa shape index (κ3) is 1.63. The van der Waals surface area contributed by atoms with E-state index in [0.29, 0.717) is 0 Å². The number of benzene rings is 1. The van der Waals surface area contributed by atoms with Gasteiger partial charge >= 0.3 is 85.3 Å². The molecule has 0 aliphatic heterocycles. The minimum atomic E-state index is 1.34. The Balaban J connectivity index is 2.61. The third-order valence-corrected chi connectivity index (χ3v) is 2.58. The minimum absolute atomic E-state index is 1.34. The van der Waals surface area contributed by atoms with Crippen molar-refractivity contribution in [1.82, 2.24) is 0 Å². The van der Waals surface area contributed by atoms with Crippen LogP contribution in [-0.2, 0) is 0 Å². The summed E-state index contributed by atoms with van der Waals surface area (Å²) < 4.78 is 0. The Labute approximate surface area is 85.8 Å². The molecule has 68 valence electrons. The molecule has 2 rings (SSSR count). The molecule has 1 aromatic carbocycles. The van der Waals surface area contributed by atoms with Crippen LogP contribution in [0.4, 0.5) is 0 Å². The van der Waals surface area contributed by atoms with Crippen LogP contribution in [0.2, 0.25) is 0 Å². The summed E-state index contributed by atoms with van der Waals surface area (Å²) in [6.07, 6.45) is 0. The van der Waals surface area contributed by atoms with Crippen molar-refractivity contribution in [1.29, 1.82) is 0 Å². The molecule has 0 radical (unpaired) electrons. The summed E-state index contributed by atoms with van der Waals surface area (Å²) in [5.74, 6) is 2.09. The summed E-state index contributed by atoms with van der Waals surface area (Å²) in [6.45, 7) is 6.49. The topological polar surface area (TPSA) is 0 Å². The van der Waals surface area contributed by atoms with Crippen LogP contribution in [0.3, 0.4) is 0 Å². The van der Waals surface area contributed by atoms with E-state index in [1.54, 1.807) is 0 Å². The predicted molar refractivity (Wildman–Crippen MR) is 62.7 cm³/mol. The van der Waals surface area contributed by atoms with Gasteiger partial charge in [0.25, 0.3) is 0 Å². The maximum absolute atomic E-state index is 2.18. The summed E-state index contributed by atoms with van der Waals surface area (Å²) >= 11 is 0. The first kappa shape index (κ1) is 9.20. The molecule has 0 aliphatic carbocycles. The molecule has 0 aliphatic rings. The van der Waals surface area contributed by atoms with E-state index in [1.807, 2.05) is 0 Å². The molecule has 2 aromatic rings. The van der Waals surface area contributed by atoms with Crippen molar-refractivity contribution in [2.24, 2.45) is 0 Å². The van der Waals surface area contributed by atoms with Gasteiger partial charge in [0.05, 0.1) is 0 Å². The van der Waals surface area contributed by atoms with Crippen LogP contribution >= 0.6 is 0 Å². The molecule has 0 atom stereocenters.